The van der Waals surface area contributed by atoms with E-state index >= 15 is 0 Å². The largest absolute Gasteiger partial charge is 0.304 e. The summed E-state index contributed by atoms with van der Waals surface area (Å²) in [5.74, 6) is -1.10. The van der Waals surface area contributed by atoms with Crippen molar-refractivity contribution in [3.8, 4) is 0 Å². The van der Waals surface area contributed by atoms with Crippen LogP contribution in [0.3, 0.4) is 0 Å². The van der Waals surface area contributed by atoms with E-state index in [9.17, 15) is 14.4 Å². The molecule has 2 aromatic rings. The molecule has 1 N–H and O–H groups in total. The molecule has 7 nitrogen and oxygen atoms in total. The highest BCUT2D eigenvalue weighted by Crippen LogP contribution is 2.56. The molecule has 4 rings (SSSR count). The Labute approximate surface area is 176 Å². The van der Waals surface area contributed by atoms with Gasteiger partial charge in [0.15, 0.2) is 5.17 Å². The minimum Gasteiger partial charge on any atom is -0.304 e. The maximum atomic E-state index is 13.8. The molecule has 0 bridgehead atoms. The fraction of sp³-hybridized carbons (Fsp3) is 0.200. The van der Waals surface area contributed by atoms with Gasteiger partial charge in [-0.3, -0.25) is 14.4 Å². The normalized spacial score (nSPS) is 20.1. The van der Waals surface area contributed by atoms with Crippen molar-refractivity contribution >= 4 is 51.9 Å². The van der Waals surface area contributed by atoms with Gasteiger partial charge >= 0.3 is 0 Å². The van der Waals surface area contributed by atoms with Gasteiger partial charge in [0.2, 0.25) is 16.7 Å². The van der Waals surface area contributed by atoms with Crippen LogP contribution in [0.5, 0.6) is 0 Å². The fourth-order valence-corrected chi connectivity index (χ4v) is 5.14. The summed E-state index contributed by atoms with van der Waals surface area (Å²) in [6, 6.07) is 14.7. The van der Waals surface area contributed by atoms with Gasteiger partial charge < -0.3 is 10.2 Å². The molecule has 2 aliphatic heterocycles. The number of hydrogen-bond donors (Lipinski definition) is 1. The van der Waals surface area contributed by atoms with Crippen molar-refractivity contribution in [2.45, 2.75) is 25.3 Å². The first-order valence-electron chi connectivity index (χ1n) is 8.85. The smallest absolute Gasteiger partial charge is 0.271 e. The molecule has 148 valence electrons. The Balaban J connectivity index is 1.85. The molecule has 0 aromatic heterocycles. The second kappa shape index (κ2) is 7.20. The van der Waals surface area contributed by atoms with Gasteiger partial charge in [-0.1, -0.05) is 54.1 Å². The van der Waals surface area contributed by atoms with Crippen LogP contribution in [-0.2, 0) is 25.8 Å². The van der Waals surface area contributed by atoms with E-state index in [1.54, 1.807) is 23.1 Å². The zero-order valence-electron chi connectivity index (χ0n) is 15.7. The zero-order chi connectivity index (χ0) is 20.8. The average Bonchev–Trinajstić information content (AvgIpc) is 3.16. The van der Waals surface area contributed by atoms with Gasteiger partial charge in [0, 0.05) is 19.4 Å². The van der Waals surface area contributed by atoms with E-state index in [1.165, 1.54) is 13.8 Å². The summed E-state index contributed by atoms with van der Waals surface area (Å²) in [6.45, 7) is 2.97. The molecule has 29 heavy (non-hydrogen) atoms. The molecule has 1 spiro atoms. The van der Waals surface area contributed by atoms with Crippen molar-refractivity contribution in [1.82, 2.24) is 10.3 Å². The van der Waals surface area contributed by atoms with Gasteiger partial charge in [-0.05, 0) is 23.4 Å². The fourth-order valence-electron chi connectivity index (χ4n) is 3.54. The third-order valence-electron chi connectivity index (χ3n) is 4.66. The number of halogens is 1. The topological polar surface area (TPSA) is 82.1 Å². The zero-order valence-corrected chi connectivity index (χ0v) is 17.3. The van der Waals surface area contributed by atoms with E-state index in [-0.39, 0.29) is 17.0 Å². The lowest BCUT2D eigenvalue weighted by molar-refractivity contribution is -0.139. The first-order chi connectivity index (χ1) is 13.8. The molecule has 2 heterocycles. The number of amides is 3. The highest BCUT2D eigenvalue weighted by molar-refractivity contribution is 8.15. The van der Waals surface area contributed by atoms with Crippen molar-refractivity contribution in [2.24, 2.45) is 5.10 Å². The summed E-state index contributed by atoms with van der Waals surface area (Å²) in [4.78, 5) is 37.9. The number of carbonyl (C=O) groups is 3. The van der Waals surface area contributed by atoms with E-state index in [2.05, 4.69) is 10.4 Å². The minimum absolute atomic E-state index is 0.188. The van der Waals surface area contributed by atoms with Gasteiger partial charge in [0.1, 0.15) is 0 Å². The molecule has 0 radical (unpaired) electrons. The van der Waals surface area contributed by atoms with Gasteiger partial charge in [-0.15, -0.1) is 5.10 Å². The monoisotopic (exact) mass is 428 g/mol. The quantitative estimate of drug-likeness (QED) is 0.797. The molecule has 0 saturated carbocycles. The number of carbonyl (C=O) groups excluding carboxylic acids is 3. The summed E-state index contributed by atoms with van der Waals surface area (Å²) >= 11 is 7.52. The van der Waals surface area contributed by atoms with Crippen LogP contribution < -0.4 is 10.2 Å². The van der Waals surface area contributed by atoms with Crippen LogP contribution in [0.4, 0.5) is 5.69 Å². The molecule has 2 aliphatic rings. The van der Waals surface area contributed by atoms with E-state index in [1.807, 2.05) is 30.3 Å². The lowest BCUT2D eigenvalue weighted by Crippen LogP contribution is -2.48. The van der Waals surface area contributed by atoms with Gasteiger partial charge in [0.25, 0.3) is 5.91 Å². The van der Waals surface area contributed by atoms with E-state index in [0.717, 1.165) is 22.3 Å². The highest BCUT2D eigenvalue weighted by Gasteiger charge is 2.61. The van der Waals surface area contributed by atoms with Crippen LogP contribution in [0.2, 0.25) is 5.02 Å². The van der Waals surface area contributed by atoms with Crippen LogP contribution in [0.15, 0.2) is 53.6 Å². The molecule has 0 fully saturated rings. The summed E-state index contributed by atoms with van der Waals surface area (Å²) in [5.41, 5.74) is 2.03. The molecule has 2 aromatic carbocycles. The lowest BCUT2D eigenvalue weighted by Gasteiger charge is -2.29. The van der Waals surface area contributed by atoms with Crippen molar-refractivity contribution in [3.63, 3.8) is 0 Å². The van der Waals surface area contributed by atoms with Crippen LogP contribution in [-0.4, -0.2) is 27.9 Å². The van der Waals surface area contributed by atoms with Gasteiger partial charge in [-0.2, -0.15) is 5.01 Å². The predicted octanol–water partition coefficient (Wildman–Crippen LogP) is 3.04. The Kier molecular flexibility index (Phi) is 4.84. The number of nitrogens with one attached hydrogen (secondary N) is 1. The van der Waals surface area contributed by atoms with Crippen LogP contribution >= 0.6 is 23.4 Å². The minimum atomic E-state index is -1.45. The molecule has 0 saturated heterocycles. The van der Waals surface area contributed by atoms with Crippen molar-refractivity contribution < 1.29 is 14.4 Å². The maximum absolute atomic E-state index is 13.8. The third-order valence-corrected chi connectivity index (χ3v) is 6.20. The van der Waals surface area contributed by atoms with Crippen LogP contribution in [0, 0.1) is 0 Å². The number of nitrogens with zero attached hydrogens (tertiary/aromatic N) is 3. The standard InChI is InChI=1S/C20H17ClN4O3S/c1-12(26)22-19-23-25(13(2)27)20(29-19)15-9-6-10-16(21)17(15)24(18(20)28)11-14-7-4-3-5-8-14/h3-10H,11H2,1-2H3,(H,22,23,26). The van der Waals surface area contributed by atoms with Crippen molar-refractivity contribution in [2.75, 3.05) is 4.90 Å². The van der Waals surface area contributed by atoms with E-state index in [0.29, 0.717) is 22.8 Å². The third kappa shape index (κ3) is 3.08. The second-order valence-corrected chi connectivity index (χ2v) is 8.26. The number of hydrogen-bond acceptors (Lipinski definition) is 5. The molecule has 1 unspecified atom stereocenters. The van der Waals surface area contributed by atoms with Crippen molar-refractivity contribution in [1.29, 1.82) is 0 Å². The SMILES string of the molecule is CC(=O)NC1=NN(C(C)=O)C2(S1)C(=O)N(Cc1ccccc1)c1c(Cl)cccc12. The maximum Gasteiger partial charge on any atom is 0.271 e. The Morgan fingerprint density at radius 1 is 1.14 bits per heavy atom. The Bertz CT molecular complexity index is 1060. The van der Waals surface area contributed by atoms with Crippen molar-refractivity contribution in [3.05, 3.63) is 64.7 Å². The molecule has 1 atom stereocenters. The molecule has 9 heteroatoms. The van der Waals surface area contributed by atoms with Gasteiger partial charge in [-0.25, -0.2) is 0 Å². The number of amidine groups is 1. The average molecular weight is 429 g/mol. The second-order valence-electron chi connectivity index (χ2n) is 6.68. The van der Waals surface area contributed by atoms with E-state index in [4.69, 9.17) is 11.6 Å². The van der Waals surface area contributed by atoms with E-state index < -0.39 is 10.8 Å². The highest BCUT2D eigenvalue weighted by atomic mass is 35.5. The summed E-state index contributed by atoms with van der Waals surface area (Å²) in [6.07, 6.45) is 0. The first kappa shape index (κ1) is 19.5. The number of fused-ring (bicyclic) bond motifs is 2. The Morgan fingerprint density at radius 2 is 1.86 bits per heavy atom. The molecular formula is C20H17ClN4O3S. The Hall–Kier alpha value is -2.84. The number of rotatable bonds is 2. The number of para-hydroxylation sites is 1. The lowest BCUT2D eigenvalue weighted by atomic mass is 10.1. The van der Waals surface area contributed by atoms with Crippen LogP contribution in [0.1, 0.15) is 25.0 Å². The summed E-state index contributed by atoms with van der Waals surface area (Å²) in [5, 5.41) is 8.53. The number of benzene rings is 2. The van der Waals surface area contributed by atoms with Gasteiger partial charge in [0.05, 0.1) is 17.3 Å². The summed E-state index contributed by atoms with van der Waals surface area (Å²) < 4.78 is 0. The Morgan fingerprint density at radius 3 is 2.52 bits per heavy atom. The first-order valence-corrected chi connectivity index (χ1v) is 10.0. The number of thioether (sulfide) groups is 1. The predicted molar refractivity (Wildman–Crippen MR) is 112 cm³/mol. The molecular weight excluding hydrogens is 412 g/mol. The number of anilines is 1. The molecule has 0 aliphatic carbocycles. The van der Waals surface area contributed by atoms with Crippen LogP contribution in [0.25, 0.3) is 0 Å². The summed E-state index contributed by atoms with van der Waals surface area (Å²) in [7, 11) is 0. The number of hydrazone groups is 1. The molecule has 3 amide bonds.